The van der Waals surface area contributed by atoms with Crippen molar-refractivity contribution in [2.75, 3.05) is 5.32 Å². The van der Waals surface area contributed by atoms with Crippen LogP contribution in [0.3, 0.4) is 0 Å². The minimum Gasteiger partial charge on any atom is -0.346 e. The van der Waals surface area contributed by atoms with Crippen molar-refractivity contribution in [3.05, 3.63) is 53.7 Å². The molecule has 8 nitrogen and oxygen atoms in total. The predicted molar refractivity (Wildman–Crippen MR) is 111 cm³/mol. The van der Waals surface area contributed by atoms with Crippen molar-refractivity contribution in [1.82, 2.24) is 24.9 Å². The molecule has 2 bridgehead atoms. The van der Waals surface area contributed by atoms with Crippen molar-refractivity contribution in [2.45, 2.75) is 44.1 Å². The Kier molecular flexibility index (Phi) is 4.47. The van der Waals surface area contributed by atoms with E-state index in [-0.39, 0.29) is 17.4 Å². The third-order valence-corrected chi connectivity index (χ3v) is 6.98. The number of carbonyl (C=O) groups is 2. The van der Waals surface area contributed by atoms with Gasteiger partial charge in [0, 0.05) is 29.5 Å². The Morgan fingerprint density at radius 1 is 1.07 bits per heavy atom. The summed E-state index contributed by atoms with van der Waals surface area (Å²) in [5, 5.41) is 10.9. The summed E-state index contributed by atoms with van der Waals surface area (Å²) in [5.74, 6) is -0.173. The molecule has 30 heavy (non-hydrogen) atoms. The summed E-state index contributed by atoms with van der Waals surface area (Å²) in [7, 11) is 0. The van der Waals surface area contributed by atoms with Crippen LogP contribution in [0.4, 0.5) is 5.69 Å². The lowest BCUT2D eigenvalue weighted by Crippen LogP contribution is -2.59. The number of carbonyl (C=O) groups excluding carboxylic acids is 2. The number of hydrogen-bond acceptors (Lipinski definition) is 5. The highest BCUT2D eigenvalue weighted by Gasteiger charge is 2.53. The minimum absolute atomic E-state index is 0.0103. The van der Waals surface area contributed by atoms with Crippen LogP contribution in [0.2, 0.25) is 5.02 Å². The van der Waals surface area contributed by atoms with Crippen LogP contribution < -0.4 is 10.6 Å². The molecule has 3 aromatic rings. The fourth-order valence-electron chi connectivity index (χ4n) is 4.73. The second-order valence-electron chi connectivity index (χ2n) is 8.27. The van der Waals surface area contributed by atoms with Crippen LogP contribution in [-0.2, 0) is 4.79 Å². The standard InChI is InChI=1S/C21H21ClN6O2/c22-15-2-10-23-13-16(15)26-19(30)20-3-6-21(7-4-20,8-5-20)27-18(29)14-12-25-28-11-1-9-24-17(14)28/h1-2,9-13H,3-8H2,(H,26,30)(H,27,29). The zero-order chi connectivity index (χ0) is 20.8. The van der Waals surface area contributed by atoms with Gasteiger partial charge in [0.25, 0.3) is 5.91 Å². The molecular weight excluding hydrogens is 404 g/mol. The summed E-state index contributed by atoms with van der Waals surface area (Å²) in [5.41, 5.74) is 0.845. The highest BCUT2D eigenvalue weighted by atomic mass is 35.5. The Morgan fingerprint density at radius 2 is 1.83 bits per heavy atom. The number of hydrogen-bond donors (Lipinski definition) is 2. The van der Waals surface area contributed by atoms with E-state index in [0.29, 0.717) is 21.9 Å². The lowest BCUT2D eigenvalue weighted by Gasteiger charge is -2.52. The monoisotopic (exact) mass is 424 g/mol. The van der Waals surface area contributed by atoms with E-state index >= 15 is 0 Å². The van der Waals surface area contributed by atoms with Crippen molar-refractivity contribution < 1.29 is 9.59 Å². The Bertz CT molecular complexity index is 1120. The molecule has 0 unspecified atom stereocenters. The Morgan fingerprint density at radius 3 is 2.57 bits per heavy atom. The van der Waals surface area contributed by atoms with Gasteiger partial charge in [0.1, 0.15) is 5.56 Å². The Labute approximate surface area is 178 Å². The van der Waals surface area contributed by atoms with E-state index in [4.69, 9.17) is 11.6 Å². The van der Waals surface area contributed by atoms with Crippen molar-refractivity contribution >= 4 is 34.7 Å². The molecule has 3 aliphatic carbocycles. The normalized spacial score (nSPS) is 25.2. The number of fused-ring (bicyclic) bond motifs is 4. The molecule has 0 atom stereocenters. The average Bonchev–Trinajstić information content (AvgIpc) is 3.21. The molecule has 3 heterocycles. The highest BCUT2D eigenvalue weighted by Crippen LogP contribution is 2.53. The van der Waals surface area contributed by atoms with Crippen LogP contribution >= 0.6 is 11.6 Å². The summed E-state index contributed by atoms with van der Waals surface area (Å²) in [6.45, 7) is 0. The molecule has 0 spiro atoms. The van der Waals surface area contributed by atoms with Gasteiger partial charge in [-0.1, -0.05) is 11.6 Å². The number of amides is 2. The van der Waals surface area contributed by atoms with Gasteiger partial charge in [0.15, 0.2) is 5.65 Å². The van der Waals surface area contributed by atoms with E-state index in [0.717, 1.165) is 38.5 Å². The van der Waals surface area contributed by atoms with Gasteiger partial charge in [0.05, 0.1) is 23.1 Å². The van der Waals surface area contributed by atoms with E-state index in [1.807, 2.05) is 0 Å². The molecule has 0 aliphatic heterocycles. The molecule has 9 heteroatoms. The number of anilines is 1. The molecule has 3 saturated carbocycles. The Balaban J connectivity index is 1.28. The number of nitrogens with one attached hydrogen (secondary N) is 2. The summed E-state index contributed by atoms with van der Waals surface area (Å²) in [4.78, 5) is 34.3. The fraction of sp³-hybridized carbons (Fsp3) is 0.381. The molecule has 3 aliphatic rings. The van der Waals surface area contributed by atoms with E-state index in [1.54, 1.807) is 47.6 Å². The zero-order valence-electron chi connectivity index (χ0n) is 16.3. The van der Waals surface area contributed by atoms with Gasteiger partial charge in [-0.05, 0) is 50.7 Å². The summed E-state index contributed by atoms with van der Waals surface area (Å²) < 4.78 is 1.59. The maximum Gasteiger partial charge on any atom is 0.257 e. The molecule has 3 fully saturated rings. The van der Waals surface area contributed by atoms with Crippen LogP contribution in [0.25, 0.3) is 5.65 Å². The number of nitrogens with zero attached hydrogens (tertiary/aromatic N) is 4. The minimum atomic E-state index is -0.419. The smallest absolute Gasteiger partial charge is 0.257 e. The van der Waals surface area contributed by atoms with Crippen LogP contribution in [0.5, 0.6) is 0 Å². The predicted octanol–water partition coefficient (Wildman–Crippen LogP) is 3.24. The average molecular weight is 425 g/mol. The van der Waals surface area contributed by atoms with Gasteiger partial charge in [0.2, 0.25) is 5.91 Å². The maximum atomic E-state index is 13.1. The van der Waals surface area contributed by atoms with Crippen molar-refractivity contribution in [1.29, 1.82) is 0 Å². The topological polar surface area (TPSA) is 101 Å². The van der Waals surface area contributed by atoms with Crippen molar-refractivity contribution in [3.8, 4) is 0 Å². The molecule has 2 amide bonds. The van der Waals surface area contributed by atoms with Gasteiger partial charge in [-0.3, -0.25) is 14.6 Å². The molecule has 0 radical (unpaired) electrons. The van der Waals surface area contributed by atoms with Gasteiger partial charge in [-0.15, -0.1) is 0 Å². The first-order valence-electron chi connectivity index (χ1n) is 10.0. The Hall–Kier alpha value is -3.00. The first-order valence-corrected chi connectivity index (χ1v) is 10.4. The fourth-order valence-corrected chi connectivity index (χ4v) is 4.89. The van der Waals surface area contributed by atoms with Gasteiger partial charge < -0.3 is 10.6 Å². The second kappa shape index (κ2) is 7.05. The van der Waals surface area contributed by atoms with Crippen molar-refractivity contribution in [3.63, 3.8) is 0 Å². The lowest BCUT2D eigenvalue weighted by atomic mass is 9.57. The molecular formula is C21H21ClN6O2. The SMILES string of the molecule is O=C(NC12CCC(C(=O)Nc3cnccc3Cl)(CC1)CC2)c1cnn2cccnc12. The highest BCUT2D eigenvalue weighted by molar-refractivity contribution is 6.33. The molecule has 6 rings (SSSR count). The van der Waals surface area contributed by atoms with Crippen LogP contribution in [0.1, 0.15) is 48.9 Å². The molecule has 3 aromatic heterocycles. The van der Waals surface area contributed by atoms with Gasteiger partial charge in [-0.2, -0.15) is 5.10 Å². The molecule has 0 saturated heterocycles. The van der Waals surface area contributed by atoms with E-state index in [1.165, 1.54) is 0 Å². The van der Waals surface area contributed by atoms with Gasteiger partial charge >= 0.3 is 0 Å². The van der Waals surface area contributed by atoms with E-state index in [2.05, 4.69) is 25.7 Å². The van der Waals surface area contributed by atoms with Crippen LogP contribution in [-0.4, -0.2) is 36.9 Å². The van der Waals surface area contributed by atoms with Crippen molar-refractivity contribution in [2.24, 2.45) is 5.41 Å². The largest absolute Gasteiger partial charge is 0.346 e. The van der Waals surface area contributed by atoms with E-state index < -0.39 is 5.41 Å². The number of pyridine rings is 1. The third-order valence-electron chi connectivity index (χ3n) is 6.65. The number of aromatic nitrogens is 4. The summed E-state index contributed by atoms with van der Waals surface area (Å²) in [6.07, 6.45) is 12.6. The van der Waals surface area contributed by atoms with E-state index in [9.17, 15) is 9.59 Å². The second-order valence-corrected chi connectivity index (χ2v) is 8.68. The van der Waals surface area contributed by atoms with Crippen LogP contribution in [0, 0.1) is 5.41 Å². The number of rotatable bonds is 4. The summed E-state index contributed by atoms with van der Waals surface area (Å²) >= 11 is 6.16. The molecule has 154 valence electrons. The third kappa shape index (κ3) is 3.11. The first kappa shape index (κ1) is 19.0. The van der Waals surface area contributed by atoms with Gasteiger partial charge in [-0.25, -0.2) is 9.50 Å². The summed E-state index contributed by atoms with van der Waals surface area (Å²) in [6, 6.07) is 3.43. The quantitative estimate of drug-likeness (QED) is 0.669. The number of halogens is 1. The zero-order valence-corrected chi connectivity index (χ0v) is 17.0. The first-order chi connectivity index (χ1) is 14.5. The maximum absolute atomic E-state index is 13.1. The lowest BCUT2D eigenvalue weighted by molar-refractivity contribution is -0.132. The van der Waals surface area contributed by atoms with Crippen LogP contribution in [0.15, 0.2) is 43.1 Å². The molecule has 2 N–H and O–H groups in total. The molecule has 0 aromatic carbocycles.